The van der Waals surface area contributed by atoms with Crippen molar-refractivity contribution in [3.05, 3.63) is 8.85 Å². The Morgan fingerprint density at radius 1 is 1.58 bits per heavy atom. The fourth-order valence-corrected chi connectivity index (χ4v) is 1.65. The summed E-state index contributed by atoms with van der Waals surface area (Å²) in [6.07, 6.45) is 0.503. The molecule has 0 atom stereocenters. The van der Waals surface area contributed by atoms with E-state index in [1.54, 1.807) is 0 Å². The number of hydrogen-bond donors (Lipinski definition) is 2. The van der Waals surface area contributed by atoms with Gasteiger partial charge in [-0.25, -0.2) is 4.98 Å². The summed E-state index contributed by atoms with van der Waals surface area (Å²) in [6, 6.07) is 0. The summed E-state index contributed by atoms with van der Waals surface area (Å²) in [5.74, 6) is 0.0841. The SMILES string of the molecule is Nc1nc(Cl)c(NC=O)c(I)n1. The van der Waals surface area contributed by atoms with Crippen LogP contribution in [0.2, 0.25) is 5.15 Å². The molecule has 0 unspecified atom stereocenters. The number of nitrogen functional groups attached to an aromatic ring is 1. The molecule has 1 rings (SSSR count). The van der Waals surface area contributed by atoms with Crippen molar-refractivity contribution in [2.24, 2.45) is 0 Å². The van der Waals surface area contributed by atoms with Gasteiger partial charge in [0.05, 0.1) is 0 Å². The third-order valence-corrected chi connectivity index (χ3v) is 2.10. The van der Waals surface area contributed by atoms with E-state index in [-0.39, 0.29) is 11.1 Å². The molecule has 5 nitrogen and oxygen atoms in total. The molecular weight excluding hydrogens is 294 g/mol. The van der Waals surface area contributed by atoms with Crippen molar-refractivity contribution in [3.63, 3.8) is 0 Å². The summed E-state index contributed by atoms with van der Waals surface area (Å²) >= 11 is 7.55. The number of hydrogen-bond acceptors (Lipinski definition) is 4. The zero-order chi connectivity index (χ0) is 9.14. The minimum atomic E-state index is 0.0841. The van der Waals surface area contributed by atoms with Crippen molar-refractivity contribution >= 4 is 52.2 Å². The molecule has 0 bridgehead atoms. The highest BCUT2D eigenvalue weighted by Gasteiger charge is 2.08. The third kappa shape index (κ3) is 1.95. The molecule has 0 spiro atoms. The highest BCUT2D eigenvalue weighted by molar-refractivity contribution is 14.1. The number of carbonyl (C=O) groups excluding carboxylic acids is 1. The van der Waals surface area contributed by atoms with Crippen LogP contribution in [0.25, 0.3) is 0 Å². The number of nitrogens with one attached hydrogen (secondary N) is 1. The van der Waals surface area contributed by atoms with Crippen LogP contribution in [0.4, 0.5) is 11.6 Å². The number of rotatable bonds is 2. The van der Waals surface area contributed by atoms with E-state index in [2.05, 4.69) is 15.3 Å². The van der Waals surface area contributed by atoms with Gasteiger partial charge in [0.15, 0.2) is 5.15 Å². The Labute approximate surface area is 86.9 Å². The van der Waals surface area contributed by atoms with Crippen molar-refractivity contribution < 1.29 is 4.79 Å². The first-order valence-electron chi connectivity index (χ1n) is 2.84. The van der Waals surface area contributed by atoms with Crippen LogP contribution in [0.5, 0.6) is 0 Å². The normalized spacial score (nSPS) is 9.50. The molecule has 0 saturated heterocycles. The quantitative estimate of drug-likeness (QED) is 0.482. The van der Waals surface area contributed by atoms with Crippen molar-refractivity contribution in [1.82, 2.24) is 9.97 Å². The number of carbonyl (C=O) groups is 1. The van der Waals surface area contributed by atoms with E-state index in [1.165, 1.54) is 0 Å². The van der Waals surface area contributed by atoms with Crippen molar-refractivity contribution in [1.29, 1.82) is 0 Å². The van der Waals surface area contributed by atoms with Gasteiger partial charge in [-0.1, -0.05) is 11.6 Å². The fraction of sp³-hybridized carbons (Fsp3) is 0. The maximum atomic E-state index is 10.1. The molecule has 0 radical (unpaired) electrons. The topological polar surface area (TPSA) is 80.9 Å². The van der Waals surface area contributed by atoms with Crippen molar-refractivity contribution in [3.8, 4) is 0 Å². The molecule has 0 aliphatic rings. The molecule has 1 aromatic rings. The summed E-state index contributed by atoms with van der Waals surface area (Å²) in [7, 11) is 0. The van der Waals surface area contributed by atoms with Gasteiger partial charge in [0.2, 0.25) is 12.4 Å². The van der Waals surface area contributed by atoms with Crippen LogP contribution >= 0.6 is 34.2 Å². The van der Waals surface area contributed by atoms with Gasteiger partial charge in [-0.3, -0.25) is 4.79 Å². The van der Waals surface area contributed by atoms with Gasteiger partial charge in [-0.05, 0) is 22.6 Å². The van der Waals surface area contributed by atoms with Crippen LogP contribution in [-0.4, -0.2) is 16.4 Å². The van der Waals surface area contributed by atoms with E-state index in [0.29, 0.717) is 15.8 Å². The molecule has 0 aliphatic heterocycles. The molecular formula is C5H4ClIN4O. The number of nitrogens with two attached hydrogens (primary N) is 1. The Bertz CT molecular complexity index is 295. The van der Waals surface area contributed by atoms with Gasteiger partial charge < -0.3 is 11.1 Å². The lowest BCUT2D eigenvalue weighted by molar-refractivity contribution is -0.105. The predicted octanol–water partition coefficient (Wildman–Crippen LogP) is 0.885. The fourth-order valence-electron chi connectivity index (χ4n) is 0.601. The van der Waals surface area contributed by atoms with Crippen LogP contribution in [0.1, 0.15) is 0 Å². The molecule has 0 saturated carbocycles. The second-order valence-electron chi connectivity index (χ2n) is 1.80. The highest BCUT2D eigenvalue weighted by Crippen LogP contribution is 2.24. The zero-order valence-corrected chi connectivity index (χ0v) is 8.63. The van der Waals surface area contributed by atoms with Crippen LogP contribution in [0.15, 0.2) is 0 Å². The smallest absolute Gasteiger partial charge is 0.222 e. The predicted molar refractivity (Wildman–Crippen MR) is 53.9 cm³/mol. The molecule has 64 valence electrons. The first-order chi connectivity index (χ1) is 5.65. The van der Waals surface area contributed by atoms with Crippen molar-refractivity contribution in [2.45, 2.75) is 0 Å². The Hall–Kier alpha value is -0.630. The van der Waals surface area contributed by atoms with E-state index in [0.717, 1.165) is 0 Å². The maximum Gasteiger partial charge on any atom is 0.222 e. The summed E-state index contributed by atoms with van der Waals surface area (Å²) in [6.45, 7) is 0. The molecule has 1 aromatic heterocycles. The second-order valence-corrected chi connectivity index (χ2v) is 3.18. The molecule has 0 fully saturated rings. The highest BCUT2D eigenvalue weighted by atomic mass is 127. The summed E-state index contributed by atoms with van der Waals surface area (Å²) in [5, 5.41) is 2.51. The average Bonchev–Trinajstić information content (AvgIpc) is 1.96. The lowest BCUT2D eigenvalue weighted by atomic mass is 10.5. The summed E-state index contributed by atoms with van der Waals surface area (Å²) < 4.78 is 0.511. The number of anilines is 2. The van der Waals surface area contributed by atoms with Gasteiger partial charge in [0, 0.05) is 0 Å². The Morgan fingerprint density at radius 3 is 2.75 bits per heavy atom. The average molecular weight is 298 g/mol. The molecule has 1 amide bonds. The van der Waals surface area contributed by atoms with E-state index in [1.807, 2.05) is 22.6 Å². The lowest BCUT2D eigenvalue weighted by Crippen LogP contribution is -2.04. The van der Waals surface area contributed by atoms with E-state index in [9.17, 15) is 4.79 Å². The number of nitrogens with zero attached hydrogens (tertiary/aromatic N) is 2. The number of halogens is 2. The Morgan fingerprint density at radius 2 is 2.25 bits per heavy atom. The Balaban J connectivity index is 3.18. The van der Waals surface area contributed by atoms with Crippen molar-refractivity contribution in [2.75, 3.05) is 11.1 Å². The monoisotopic (exact) mass is 298 g/mol. The number of aromatic nitrogens is 2. The van der Waals surface area contributed by atoms with Gasteiger partial charge in [0.25, 0.3) is 0 Å². The van der Waals surface area contributed by atoms with E-state index in [4.69, 9.17) is 17.3 Å². The van der Waals surface area contributed by atoms with E-state index < -0.39 is 0 Å². The maximum absolute atomic E-state index is 10.1. The van der Waals surface area contributed by atoms with Crippen LogP contribution in [-0.2, 0) is 4.79 Å². The molecule has 12 heavy (non-hydrogen) atoms. The summed E-state index contributed by atoms with van der Waals surface area (Å²) in [5.41, 5.74) is 5.67. The Kier molecular flexibility index (Phi) is 3.04. The third-order valence-electron chi connectivity index (χ3n) is 1.04. The molecule has 0 aliphatic carbocycles. The van der Waals surface area contributed by atoms with Gasteiger partial charge in [0.1, 0.15) is 9.39 Å². The van der Waals surface area contributed by atoms with Crippen LogP contribution in [0, 0.1) is 3.70 Å². The van der Waals surface area contributed by atoms with E-state index >= 15 is 0 Å². The minimum absolute atomic E-state index is 0.0841. The van der Waals surface area contributed by atoms with Gasteiger partial charge in [-0.15, -0.1) is 0 Å². The van der Waals surface area contributed by atoms with Crippen LogP contribution < -0.4 is 11.1 Å². The molecule has 3 N–H and O–H groups in total. The largest absolute Gasteiger partial charge is 0.368 e. The first-order valence-corrected chi connectivity index (χ1v) is 4.29. The lowest BCUT2D eigenvalue weighted by Gasteiger charge is -2.03. The standard InChI is InChI=1S/C5H4ClIN4O/c6-3-2(9-1-12)4(7)11-5(8)10-3/h1H,(H,9,12)(H2,8,10,11). The zero-order valence-electron chi connectivity index (χ0n) is 5.71. The van der Waals surface area contributed by atoms with Gasteiger partial charge >= 0.3 is 0 Å². The second kappa shape index (κ2) is 3.85. The minimum Gasteiger partial charge on any atom is -0.368 e. The molecule has 7 heteroatoms. The first kappa shape index (κ1) is 9.46. The van der Waals surface area contributed by atoms with Gasteiger partial charge in [-0.2, -0.15) is 4.98 Å². The molecule has 1 heterocycles. The molecule has 0 aromatic carbocycles. The summed E-state index contributed by atoms with van der Waals surface area (Å²) in [4.78, 5) is 17.6. The number of amides is 1. The van der Waals surface area contributed by atoms with Crippen LogP contribution in [0.3, 0.4) is 0 Å².